The van der Waals surface area contributed by atoms with E-state index in [1.807, 2.05) is 96.3 Å². The van der Waals surface area contributed by atoms with Gasteiger partial charge in [-0.05, 0) is 96.3 Å². The number of hydrogen-bond acceptors (Lipinski definition) is 0. The average molecular weight is 265 g/mol. The molecule has 0 aliphatic heterocycles. The topological polar surface area (TPSA) is 0 Å². The predicted molar refractivity (Wildman–Crippen MR) is 70.3 cm³/mol. The van der Waals surface area contributed by atoms with E-state index in [9.17, 15) is 0 Å². The Balaban J connectivity index is 0.000000205. The summed E-state index contributed by atoms with van der Waals surface area (Å²) in [4.78, 5) is 0. The summed E-state index contributed by atoms with van der Waals surface area (Å²) in [6.07, 6.45) is 30.0. The maximum atomic E-state index is 2.00. The number of rotatable bonds is 0. The Morgan fingerprint density at radius 2 is 0.250 bits per heavy atom. The van der Waals surface area contributed by atoms with E-state index in [0.29, 0.717) is 0 Å². The van der Waals surface area contributed by atoms with Gasteiger partial charge in [0.1, 0.15) is 0 Å². The average Bonchev–Trinajstić information content (AvgIpc) is 3.09. The molecule has 78 valence electrons. The van der Waals surface area contributed by atoms with E-state index in [2.05, 4.69) is 0 Å². The minimum absolute atomic E-state index is 0. The zero-order chi connectivity index (χ0) is 10.6. The van der Waals surface area contributed by atoms with Gasteiger partial charge in [-0.3, -0.25) is 0 Å². The van der Waals surface area contributed by atoms with Crippen molar-refractivity contribution >= 4 is 19.8 Å². The Morgan fingerprint density at radius 1 is 0.188 bits per heavy atom. The van der Waals surface area contributed by atoms with Gasteiger partial charge in [-0.1, -0.05) is 0 Å². The van der Waals surface area contributed by atoms with Crippen molar-refractivity contribution in [3.63, 3.8) is 0 Å². The first kappa shape index (κ1) is 16.6. The normalized spacial score (nSPS) is 22.5. The van der Waals surface area contributed by atoms with Gasteiger partial charge in [0.2, 0.25) is 0 Å². The first-order chi connectivity index (χ1) is 7.50. The van der Waals surface area contributed by atoms with Crippen LogP contribution in [0.4, 0.5) is 0 Å². The summed E-state index contributed by atoms with van der Waals surface area (Å²) in [6, 6.07) is 0. The fourth-order valence-corrected chi connectivity index (χ4v) is 0.962. The fourth-order valence-electron chi connectivity index (χ4n) is 0.962. The summed E-state index contributed by atoms with van der Waals surface area (Å²) in [5.41, 5.74) is 0. The Kier molecular flexibility index (Phi) is 14.2. The first-order valence-corrected chi connectivity index (χ1v) is 5.00. The van der Waals surface area contributed by atoms with Crippen molar-refractivity contribution in [2.75, 3.05) is 0 Å². The van der Waals surface area contributed by atoms with Crippen molar-refractivity contribution in [1.82, 2.24) is 0 Å². The number of hydrogen-bond donors (Lipinski definition) is 0. The zero-order valence-electron chi connectivity index (χ0n) is 9.24. The van der Waals surface area contributed by atoms with Crippen LogP contribution >= 0.6 is 0 Å². The van der Waals surface area contributed by atoms with Crippen LogP contribution in [0.15, 0.2) is 0 Å². The molecule has 0 nitrogen and oxygen atoms in total. The van der Waals surface area contributed by atoms with Gasteiger partial charge in [0.15, 0.2) is 0 Å². The predicted octanol–water partition coefficient (Wildman–Crippen LogP) is 2.68. The molecule has 0 spiro atoms. The second-order valence-electron chi connectivity index (χ2n) is 2.89. The molecular formula is C15H15Ga. The Labute approximate surface area is 116 Å². The van der Waals surface area contributed by atoms with E-state index >= 15 is 0 Å². The molecule has 18 radical (unpaired) electrons. The molecule has 0 atom stereocenters. The van der Waals surface area contributed by atoms with Crippen molar-refractivity contribution in [3.05, 3.63) is 96.3 Å². The zero-order valence-corrected chi connectivity index (χ0v) is 11.7. The van der Waals surface area contributed by atoms with Gasteiger partial charge >= 0.3 is 0 Å². The van der Waals surface area contributed by atoms with Gasteiger partial charge in [-0.25, -0.2) is 0 Å². The molecule has 0 bridgehead atoms. The summed E-state index contributed by atoms with van der Waals surface area (Å²) in [5.74, 6) is 0. The van der Waals surface area contributed by atoms with Crippen molar-refractivity contribution in [2.24, 2.45) is 0 Å². The molecule has 0 unspecified atom stereocenters. The van der Waals surface area contributed by atoms with Crippen LogP contribution in [-0.2, 0) is 0 Å². The van der Waals surface area contributed by atoms with Crippen molar-refractivity contribution in [3.8, 4) is 0 Å². The Bertz CT molecular complexity index is 64.0. The molecule has 0 aromatic rings. The smallest absolute Gasteiger partial charge is 0 e. The molecule has 3 aliphatic rings. The summed E-state index contributed by atoms with van der Waals surface area (Å²) in [6.45, 7) is 0. The molecule has 16 heavy (non-hydrogen) atoms. The molecule has 1 heteroatoms. The second kappa shape index (κ2) is 13.7. The van der Waals surface area contributed by atoms with Gasteiger partial charge in [0.25, 0.3) is 0 Å². The van der Waals surface area contributed by atoms with Crippen LogP contribution in [0.1, 0.15) is 0 Å². The van der Waals surface area contributed by atoms with E-state index in [0.717, 1.165) is 0 Å². The van der Waals surface area contributed by atoms with Gasteiger partial charge in [0, 0.05) is 19.8 Å². The van der Waals surface area contributed by atoms with Crippen LogP contribution in [0.2, 0.25) is 0 Å². The molecule has 0 saturated heterocycles. The van der Waals surface area contributed by atoms with Gasteiger partial charge in [-0.2, -0.15) is 0 Å². The van der Waals surface area contributed by atoms with Crippen molar-refractivity contribution < 1.29 is 0 Å². The first-order valence-electron chi connectivity index (χ1n) is 5.00. The van der Waals surface area contributed by atoms with Gasteiger partial charge in [-0.15, -0.1) is 0 Å². The van der Waals surface area contributed by atoms with Crippen LogP contribution < -0.4 is 0 Å². The molecule has 0 N–H and O–H groups in total. The summed E-state index contributed by atoms with van der Waals surface area (Å²) >= 11 is 0. The molecule has 0 aromatic heterocycles. The van der Waals surface area contributed by atoms with E-state index in [1.165, 1.54) is 0 Å². The minimum Gasteiger partial charge on any atom is -0.0312 e. The standard InChI is InChI=1S/3C5H5.Ga/c3*1-2-4-5-3-1;/h3*1-5H;. The molecule has 3 aliphatic carbocycles. The van der Waals surface area contributed by atoms with Gasteiger partial charge < -0.3 is 0 Å². The van der Waals surface area contributed by atoms with Crippen LogP contribution in [0.3, 0.4) is 0 Å². The Hall–Kier alpha value is 0.636. The van der Waals surface area contributed by atoms with Crippen molar-refractivity contribution in [1.29, 1.82) is 0 Å². The molecular weight excluding hydrogens is 250 g/mol. The molecule has 3 rings (SSSR count). The fraction of sp³-hybridized carbons (Fsp3) is 0. The van der Waals surface area contributed by atoms with Crippen LogP contribution in [0.5, 0.6) is 0 Å². The van der Waals surface area contributed by atoms with Crippen LogP contribution in [-0.4, -0.2) is 19.8 Å². The van der Waals surface area contributed by atoms with E-state index in [4.69, 9.17) is 0 Å². The maximum absolute atomic E-state index is 2.00. The third-order valence-electron chi connectivity index (χ3n) is 1.67. The van der Waals surface area contributed by atoms with Crippen molar-refractivity contribution in [2.45, 2.75) is 0 Å². The Morgan fingerprint density at radius 3 is 0.312 bits per heavy atom. The quantitative estimate of drug-likeness (QED) is 0.591. The molecule has 3 fully saturated rings. The summed E-state index contributed by atoms with van der Waals surface area (Å²) < 4.78 is 0. The SMILES string of the molecule is [CH]1[CH][CH][CH][CH]1.[CH]1[CH][CH][CH][CH]1.[CH]1[CH][CH][CH][CH]1.[Ga]. The largest absolute Gasteiger partial charge is 0.0312 e. The third-order valence-corrected chi connectivity index (χ3v) is 1.67. The van der Waals surface area contributed by atoms with Crippen LogP contribution in [0, 0.1) is 96.3 Å². The maximum Gasteiger partial charge on any atom is 0 e. The van der Waals surface area contributed by atoms with E-state index in [1.54, 1.807) is 0 Å². The van der Waals surface area contributed by atoms with Crippen LogP contribution in [0.25, 0.3) is 0 Å². The second-order valence-corrected chi connectivity index (χ2v) is 2.89. The third kappa shape index (κ3) is 11.1. The molecule has 3 saturated carbocycles. The summed E-state index contributed by atoms with van der Waals surface area (Å²) in [5, 5.41) is 0. The van der Waals surface area contributed by atoms with Gasteiger partial charge in [0.05, 0.1) is 0 Å². The van der Waals surface area contributed by atoms with E-state index in [-0.39, 0.29) is 19.8 Å². The minimum atomic E-state index is 0. The monoisotopic (exact) mass is 264 g/mol. The molecule has 0 heterocycles. The molecule has 0 amide bonds. The summed E-state index contributed by atoms with van der Waals surface area (Å²) in [7, 11) is 0. The van der Waals surface area contributed by atoms with E-state index < -0.39 is 0 Å². The molecule has 0 aromatic carbocycles.